The van der Waals surface area contributed by atoms with E-state index in [4.69, 9.17) is 13.0 Å². The van der Waals surface area contributed by atoms with Crippen molar-refractivity contribution in [1.82, 2.24) is 5.32 Å². The number of hydrogen-bond acceptors (Lipinski definition) is 7. The molecule has 13 heteroatoms. The summed E-state index contributed by atoms with van der Waals surface area (Å²) in [6.07, 6.45) is 0. The van der Waals surface area contributed by atoms with Crippen molar-refractivity contribution in [3.05, 3.63) is 29.3 Å². The Balaban J connectivity index is 0.000000388. The van der Waals surface area contributed by atoms with Crippen LogP contribution in [0.5, 0.6) is 5.75 Å². The number of halogens is 3. The number of nitrogens with one attached hydrogen (secondary N) is 1. The summed E-state index contributed by atoms with van der Waals surface area (Å²) in [4.78, 5) is 22.0. The number of fused-ring (bicyclic) bond motifs is 1. The van der Waals surface area contributed by atoms with E-state index in [2.05, 4.69) is 17.0 Å². The molecule has 0 bridgehead atoms. The number of amides is 2. The van der Waals surface area contributed by atoms with Gasteiger partial charge in [0.15, 0.2) is 0 Å². The van der Waals surface area contributed by atoms with Crippen molar-refractivity contribution in [2.24, 2.45) is 11.7 Å². The van der Waals surface area contributed by atoms with E-state index in [1.54, 1.807) is 0 Å². The van der Waals surface area contributed by atoms with Crippen LogP contribution in [0.3, 0.4) is 0 Å². The largest absolute Gasteiger partial charge is 0.522 e. The minimum Gasteiger partial charge on any atom is -0.507 e. The summed E-state index contributed by atoms with van der Waals surface area (Å²) in [5.41, 5.74) is -5.23. The number of benzene rings is 1. The molecule has 0 fully saturated rings. The monoisotopic (exact) mass is 345 g/mol. The molecule has 0 spiro atoms. The molecule has 1 aliphatic heterocycles. The van der Waals surface area contributed by atoms with Crippen LogP contribution in [0.2, 0.25) is 0 Å². The summed E-state index contributed by atoms with van der Waals surface area (Å²) in [6, 6.07) is 4.39. The van der Waals surface area contributed by atoms with Gasteiger partial charge in [0, 0.05) is 0 Å². The van der Waals surface area contributed by atoms with Crippen molar-refractivity contribution in [2.75, 3.05) is 0 Å². The van der Waals surface area contributed by atoms with Crippen LogP contribution in [-0.4, -0.2) is 35.4 Å². The lowest BCUT2D eigenvalue weighted by atomic mass is 10.1. The summed E-state index contributed by atoms with van der Waals surface area (Å²) < 4.78 is 57.5. The van der Waals surface area contributed by atoms with Crippen molar-refractivity contribution >= 4 is 21.9 Å². The minimum absolute atomic E-state index is 0.0718. The van der Waals surface area contributed by atoms with Gasteiger partial charge >= 0.3 is 15.6 Å². The second kappa shape index (κ2) is 7.17. The van der Waals surface area contributed by atoms with Crippen molar-refractivity contribution in [3.8, 4) is 5.75 Å². The van der Waals surface area contributed by atoms with Gasteiger partial charge < -0.3 is 5.11 Å². The first-order valence-corrected chi connectivity index (χ1v) is 6.44. The molecule has 2 rings (SSSR count). The van der Waals surface area contributed by atoms with Crippen molar-refractivity contribution in [3.63, 3.8) is 0 Å². The molecule has 0 radical (unpaired) electrons. The number of hydrogen-bond donors (Lipinski definition) is 5. The van der Waals surface area contributed by atoms with Crippen molar-refractivity contribution in [1.29, 1.82) is 0 Å². The molecule has 7 N–H and O–H groups in total. The van der Waals surface area contributed by atoms with E-state index in [9.17, 15) is 27.9 Å². The Kier molecular flexibility index (Phi) is 6.44. The number of carbonyl (C=O) groups excluding carboxylic acids is 2. The lowest BCUT2D eigenvalue weighted by Crippen LogP contribution is -2.21. The first-order chi connectivity index (χ1) is 9.95. The SMILES string of the molecule is NN.O=C1NC(=O)c2c(O)cccc21.O=S(=O)(O)C(F)(F)F. The van der Waals surface area contributed by atoms with Gasteiger partial charge in [-0.25, -0.2) is 0 Å². The van der Waals surface area contributed by atoms with E-state index in [1.807, 2.05) is 0 Å². The highest BCUT2D eigenvalue weighted by Crippen LogP contribution is 2.24. The predicted molar refractivity (Wildman–Crippen MR) is 65.9 cm³/mol. The standard InChI is InChI=1S/C8H5NO3.CHF3O3S.H4N2/c10-5-3-1-2-4-6(5)8(12)9-7(4)11;2-1(3,4)8(5,6)7;1-2/h1-3,10H,(H,9,11,12);(H,5,6,7);1-2H2. The van der Waals surface area contributed by atoms with E-state index >= 15 is 0 Å². The molecule has 0 unspecified atom stereocenters. The third kappa shape index (κ3) is 4.66. The van der Waals surface area contributed by atoms with Crippen LogP contribution in [0.15, 0.2) is 18.2 Å². The highest BCUT2D eigenvalue weighted by molar-refractivity contribution is 7.86. The van der Waals surface area contributed by atoms with Gasteiger partial charge in [-0.1, -0.05) is 6.07 Å². The molecule has 1 aliphatic rings. The molecular weight excluding hydrogens is 335 g/mol. The van der Waals surface area contributed by atoms with Crippen LogP contribution in [0.4, 0.5) is 13.2 Å². The molecule has 0 aliphatic carbocycles. The normalized spacial score (nSPS) is 13.2. The summed E-state index contributed by atoms with van der Waals surface area (Å²) >= 11 is 0. The van der Waals surface area contributed by atoms with Gasteiger partial charge in [0.2, 0.25) is 0 Å². The molecule has 9 nitrogen and oxygen atoms in total. The van der Waals surface area contributed by atoms with Crippen molar-refractivity contribution < 1.29 is 40.8 Å². The Morgan fingerprint density at radius 2 is 1.55 bits per heavy atom. The zero-order chi connectivity index (χ0) is 17.7. The van der Waals surface area contributed by atoms with E-state index in [0.717, 1.165) is 0 Å². The molecule has 0 atom stereocenters. The molecule has 1 aromatic rings. The maximum Gasteiger partial charge on any atom is 0.522 e. The Hall–Kier alpha value is -2.22. The molecule has 22 heavy (non-hydrogen) atoms. The number of nitrogens with two attached hydrogens (primary N) is 2. The number of phenolic OH excluding ortho intramolecular Hbond substituents is 1. The first kappa shape index (κ1) is 19.8. The zero-order valence-electron chi connectivity index (χ0n) is 10.5. The number of hydrazine groups is 1. The second-order valence-electron chi connectivity index (χ2n) is 3.40. The van der Waals surface area contributed by atoms with Gasteiger partial charge in [0.1, 0.15) is 5.75 Å². The summed E-state index contributed by atoms with van der Waals surface area (Å²) in [7, 11) is -5.84. The second-order valence-corrected chi connectivity index (χ2v) is 4.82. The first-order valence-electron chi connectivity index (χ1n) is 5.00. The van der Waals surface area contributed by atoms with Crippen LogP contribution >= 0.6 is 0 Å². The predicted octanol–water partition coefficient (Wildman–Crippen LogP) is -0.511. The van der Waals surface area contributed by atoms with Gasteiger partial charge in [0.05, 0.1) is 11.1 Å². The van der Waals surface area contributed by atoms with E-state index in [1.165, 1.54) is 18.2 Å². The number of carbonyl (C=O) groups is 2. The van der Waals surface area contributed by atoms with Gasteiger partial charge in [-0.3, -0.25) is 31.1 Å². The maximum absolute atomic E-state index is 11.0. The molecule has 1 aromatic carbocycles. The molecule has 0 saturated carbocycles. The summed E-state index contributed by atoms with van der Waals surface area (Å²) in [5.74, 6) is 6.86. The van der Waals surface area contributed by atoms with E-state index in [-0.39, 0.29) is 16.9 Å². The van der Waals surface area contributed by atoms with Crippen molar-refractivity contribution in [2.45, 2.75) is 5.51 Å². The number of phenols is 1. The number of imide groups is 1. The van der Waals surface area contributed by atoms with Gasteiger partial charge in [-0.15, -0.1) is 0 Å². The Morgan fingerprint density at radius 1 is 1.09 bits per heavy atom. The van der Waals surface area contributed by atoms with Gasteiger partial charge in [-0.05, 0) is 12.1 Å². The fraction of sp³-hybridized carbons (Fsp3) is 0.111. The molecular formula is C9H10F3N3O6S. The van der Waals surface area contributed by atoms with Crippen LogP contribution in [-0.2, 0) is 10.1 Å². The Labute approximate surface area is 121 Å². The smallest absolute Gasteiger partial charge is 0.507 e. The maximum atomic E-state index is 11.0. The number of rotatable bonds is 0. The van der Waals surface area contributed by atoms with E-state index in [0.29, 0.717) is 0 Å². The van der Waals surface area contributed by atoms with Gasteiger partial charge in [-0.2, -0.15) is 21.6 Å². The third-order valence-corrected chi connectivity index (χ3v) is 2.62. The Morgan fingerprint density at radius 3 is 1.91 bits per heavy atom. The topological polar surface area (TPSA) is 173 Å². The molecule has 0 saturated heterocycles. The minimum atomic E-state index is -5.84. The fourth-order valence-corrected chi connectivity index (χ4v) is 1.20. The van der Waals surface area contributed by atoms with Crippen LogP contribution < -0.4 is 17.0 Å². The summed E-state index contributed by atoms with van der Waals surface area (Å²) in [5, 5.41) is 11.3. The van der Waals surface area contributed by atoms with Gasteiger partial charge in [0.25, 0.3) is 11.8 Å². The highest BCUT2D eigenvalue weighted by atomic mass is 32.2. The van der Waals surface area contributed by atoms with Crippen LogP contribution in [0, 0.1) is 0 Å². The molecule has 1 heterocycles. The third-order valence-electron chi connectivity index (χ3n) is 2.03. The molecule has 2 amide bonds. The average Bonchev–Trinajstić information content (AvgIpc) is 2.67. The number of aromatic hydroxyl groups is 1. The molecule has 124 valence electrons. The van der Waals surface area contributed by atoms with Crippen LogP contribution in [0.25, 0.3) is 0 Å². The highest BCUT2D eigenvalue weighted by Gasteiger charge is 2.44. The fourth-order valence-electron chi connectivity index (χ4n) is 1.20. The summed E-state index contributed by atoms with van der Waals surface area (Å²) in [6.45, 7) is 0. The lowest BCUT2D eigenvalue weighted by molar-refractivity contribution is -0.0510. The van der Waals surface area contributed by atoms with E-state index < -0.39 is 27.4 Å². The number of alkyl halides is 3. The lowest BCUT2D eigenvalue weighted by Gasteiger charge is -1.97. The Bertz CT molecular complexity index is 674. The molecule has 0 aromatic heterocycles. The van der Waals surface area contributed by atoms with Crippen LogP contribution in [0.1, 0.15) is 20.7 Å². The quantitative estimate of drug-likeness (QED) is 0.137. The average molecular weight is 345 g/mol. The zero-order valence-corrected chi connectivity index (χ0v) is 11.3.